The first kappa shape index (κ1) is 15.7. The summed E-state index contributed by atoms with van der Waals surface area (Å²) >= 11 is 0. The molecule has 1 aliphatic heterocycles. The first-order chi connectivity index (χ1) is 11.5. The average Bonchev–Trinajstić information content (AvgIpc) is 2.92. The molecule has 0 bridgehead atoms. The van der Waals surface area contributed by atoms with Crippen molar-refractivity contribution in [3.05, 3.63) is 47.3 Å². The van der Waals surface area contributed by atoms with E-state index in [0.29, 0.717) is 17.8 Å². The van der Waals surface area contributed by atoms with Gasteiger partial charge in [0, 0.05) is 17.8 Å². The first-order valence-corrected chi connectivity index (χ1v) is 7.51. The zero-order chi connectivity index (χ0) is 17.1. The monoisotopic (exact) mass is 327 g/mol. The van der Waals surface area contributed by atoms with E-state index in [2.05, 4.69) is 26.1 Å². The molecule has 24 heavy (non-hydrogen) atoms. The van der Waals surface area contributed by atoms with E-state index < -0.39 is 11.9 Å². The lowest BCUT2D eigenvalue weighted by Crippen LogP contribution is -2.44. The molecule has 2 aromatic rings. The summed E-state index contributed by atoms with van der Waals surface area (Å²) in [5.41, 5.74) is 2.55. The number of hydrogen-bond acceptors (Lipinski definition) is 4. The molecular formula is C16H17N5O3. The first-order valence-electron chi connectivity index (χ1n) is 7.51. The van der Waals surface area contributed by atoms with Crippen LogP contribution in [0.5, 0.6) is 0 Å². The summed E-state index contributed by atoms with van der Waals surface area (Å²) in [7, 11) is 0. The fourth-order valence-corrected chi connectivity index (χ4v) is 2.46. The number of carbonyl (C=O) groups is 3. The molecule has 2 heterocycles. The van der Waals surface area contributed by atoms with Crippen LogP contribution in [-0.4, -0.2) is 34.0 Å². The van der Waals surface area contributed by atoms with Crippen molar-refractivity contribution >= 4 is 23.4 Å². The number of para-hydroxylation sites is 1. The molecule has 3 amide bonds. The van der Waals surface area contributed by atoms with Gasteiger partial charge < -0.3 is 16.0 Å². The Kier molecular flexibility index (Phi) is 4.28. The van der Waals surface area contributed by atoms with Gasteiger partial charge in [-0.1, -0.05) is 12.1 Å². The van der Waals surface area contributed by atoms with Gasteiger partial charge in [-0.25, -0.2) is 0 Å². The summed E-state index contributed by atoms with van der Waals surface area (Å²) in [6.45, 7) is 2.16. The van der Waals surface area contributed by atoms with Crippen molar-refractivity contribution in [2.24, 2.45) is 0 Å². The summed E-state index contributed by atoms with van der Waals surface area (Å²) < 4.78 is 0. The molecule has 0 saturated carbocycles. The van der Waals surface area contributed by atoms with Gasteiger partial charge in [0.2, 0.25) is 11.8 Å². The van der Waals surface area contributed by atoms with Crippen LogP contribution in [0.2, 0.25) is 0 Å². The second kappa shape index (κ2) is 6.53. The highest BCUT2D eigenvalue weighted by Gasteiger charge is 2.29. The Morgan fingerprint density at radius 3 is 2.83 bits per heavy atom. The molecular weight excluding hydrogens is 310 g/mol. The predicted molar refractivity (Wildman–Crippen MR) is 86.1 cm³/mol. The fourth-order valence-electron chi connectivity index (χ4n) is 2.46. The number of aromatic nitrogens is 2. The van der Waals surface area contributed by atoms with Crippen LogP contribution in [0, 0.1) is 6.92 Å². The minimum absolute atomic E-state index is 0.136. The minimum Gasteiger partial charge on any atom is -0.352 e. The van der Waals surface area contributed by atoms with E-state index in [1.165, 1.54) is 0 Å². The number of anilines is 1. The normalized spacial score (nSPS) is 16.6. The van der Waals surface area contributed by atoms with Crippen LogP contribution in [0.15, 0.2) is 30.5 Å². The molecule has 124 valence electrons. The Labute approximate surface area is 138 Å². The number of aromatic amines is 1. The Morgan fingerprint density at radius 1 is 1.29 bits per heavy atom. The van der Waals surface area contributed by atoms with E-state index in [1.54, 1.807) is 30.5 Å². The van der Waals surface area contributed by atoms with Crippen molar-refractivity contribution < 1.29 is 14.4 Å². The van der Waals surface area contributed by atoms with E-state index in [-0.39, 0.29) is 18.2 Å². The van der Waals surface area contributed by atoms with Crippen LogP contribution in [0.1, 0.15) is 28.0 Å². The Balaban J connectivity index is 1.63. The summed E-state index contributed by atoms with van der Waals surface area (Å²) in [6, 6.07) is 5.79. The highest BCUT2D eigenvalue weighted by molar-refractivity contribution is 6.10. The zero-order valence-electron chi connectivity index (χ0n) is 13.1. The van der Waals surface area contributed by atoms with Gasteiger partial charge in [0.15, 0.2) is 0 Å². The number of nitrogens with zero attached hydrogens (tertiary/aromatic N) is 1. The molecule has 1 aromatic carbocycles. The quantitative estimate of drug-likeness (QED) is 0.653. The highest BCUT2D eigenvalue weighted by atomic mass is 16.2. The van der Waals surface area contributed by atoms with Gasteiger partial charge in [0.1, 0.15) is 6.04 Å². The predicted octanol–water partition coefficient (Wildman–Crippen LogP) is 0.475. The van der Waals surface area contributed by atoms with Gasteiger partial charge in [-0.2, -0.15) is 5.10 Å². The smallest absolute Gasteiger partial charge is 0.254 e. The molecule has 0 saturated heterocycles. The number of H-pyrrole nitrogens is 1. The molecule has 0 unspecified atom stereocenters. The number of hydrogen-bond donors (Lipinski definition) is 4. The maximum atomic E-state index is 12.2. The van der Waals surface area contributed by atoms with Crippen molar-refractivity contribution in [1.82, 2.24) is 20.8 Å². The second-order valence-electron chi connectivity index (χ2n) is 5.56. The minimum atomic E-state index is -0.921. The lowest BCUT2D eigenvalue weighted by Gasteiger charge is -2.14. The molecule has 8 nitrogen and oxygen atoms in total. The lowest BCUT2D eigenvalue weighted by molar-refractivity contribution is -0.125. The molecule has 0 fully saturated rings. The summed E-state index contributed by atoms with van der Waals surface area (Å²) in [6.07, 6.45) is 1.49. The highest BCUT2D eigenvalue weighted by Crippen LogP contribution is 2.18. The molecule has 4 N–H and O–H groups in total. The van der Waals surface area contributed by atoms with E-state index >= 15 is 0 Å². The van der Waals surface area contributed by atoms with Crippen LogP contribution in [-0.2, 0) is 16.1 Å². The van der Waals surface area contributed by atoms with E-state index in [0.717, 1.165) is 11.3 Å². The SMILES string of the molecule is Cc1[nH]ncc1CNC(=O)C[C@@H]1NC(=O)c2ccccc2NC1=O. The number of amides is 3. The molecule has 1 atom stereocenters. The third-order valence-electron chi connectivity index (χ3n) is 3.85. The fraction of sp³-hybridized carbons (Fsp3) is 0.250. The van der Waals surface area contributed by atoms with Crippen LogP contribution in [0.3, 0.4) is 0 Å². The number of rotatable bonds is 4. The van der Waals surface area contributed by atoms with E-state index in [9.17, 15) is 14.4 Å². The largest absolute Gasteiger partial charge is 0.352 e. The Morgan fingerprint density at radius 2 is 2.08 bits per heavy atom. The van der Waals surface area contributed by atoms with Crippen LogP contribution >= 0.6 is 0 Å². The van der Waals surface area contributed by atoms with Crippen molar-refractivity contribution in [1.29, 1.82) is 0 Å². The molecule has 0 spiro atoms. The van der Waals surface area contributed by atoms with E-state index in [4.69, 9.17) is 0 Å². The average molecular weight is 327 g/mol. The van der Waals surface area contributed by atoms with Crippen LogP contribution in [0.25, 0.3) is 0 Å². The van der Waals surface area contributed by atoms with Crippen LogP contribution in [0.4, 0.5) is 5.69 Å². The topological polar surface area (TPSA) is 116 Å². The Bertz CT molecular complexity index is 799. The number of fused-ring (bicyclic) bond motifs is 1. The van der Waals surface area contributed by atoms with Crippen molar-refractivity contribution in [3.8, 4) is 0 Å². The van der Waals surface area contributed by atoms with E-state index in [1.807, 2.05) is 6.92 Å². The number of aryl methyl sites for hydroxylation is 1. The molecule has 0 aliphatic carbocycles. The van der Waals surface area contributed by atoms with Crippen molar-refractivity contribution in [2.45, 2.75) is 25.9 Å². The molecule has 1 aliphatic rings. The number of benzene rings is 1. The Hall–Kier alpha value is -3.16. The standard InChI is InChI=1S/C16H17N5O3/c1-9-10(8-18-21-9)7-17-14(22)6-13-16(24)19-12-5-3-2-4-11(12)15(23)20-13/h2-5,8,13H,6-7H2,1H3,(H,17,22)(H,18,21)(H,19,24)(H,20,23)/t13-/m0/s1. The van der Waals surface area contributed by atoms with Gasteiger partial charge in [0.25, 0.3) is 5.91 Å². The third-order valence-corrected chi connectivity index (χ3v) is 3.85. The number of carbonyl (C=O) groups excluding carboxylic acids is 3. The molecule has 0 radical (unpaired) electrons. The molecule has 1 aromatic heterocycles. The van der Waals surface area contributed by atoms with Gasteiger partial charge in [0.05, 0.1) is 23.9 Å². The van der Waals surface area contributed by atoms with Gasteiger partial charge in [-0.3, -0.25) is 19.5 Å². The maximum absolute atomic E-state index is 12.2. The molecule has 3 rings (SSSR count). The maximum Gasteiger partial charge on any atom is 0.254 e. The van der Waals surface area contributed by atoms with Crippen molar-refractivity contribution in [2.75, 3.05) is 5.32 Å². The lowest BCUT2D eigenvalue weighted by atomic mass is 10.1. The van der Waals surface area contributed by atoms with Gasteiger partial charge >= 0.3 is 0 Å². The summed E-state index contributed by atoms with van der Waals surface area (Å²) in [5.74, 6) is -1.13. The van der Waals surface area contributed by atoms with Crippen LogP contribution < -0.4 is 16.0 Å². The van der Waals surface area contributed by atoms with Gasteiger partial charge in [-0.15, -0.1) is 0 Å². The summed E-state index contributed by atoms with van der Waals surface area (Å²) in [4.78, 5) is 36.5. The third kappa shape index (κ3) is 3.27. The summed E-state index contributed by atoms with van der Waals surface area (Å²) in [5, 5.41) is 14.6. The number of nitrogens with one attached hydrogen (secondary N) is 4. The van der Waals surface area contributed by atoms with Gasteiger partial charge in [-0.05, 0) is 19.1 Å². The molecule has 8 heteroatoms. The second-order valence-corrected chi connectivity index (χ2v) is 5.56. The van der Waals surface area contributed by atoms with Crippen molar-refractivity contribution in [3.63, 3.8) is 0 Å². The zero-order valence-corrected chi connectivity index (χ0v) is 13.1.